The van der Waals surface area contributed by atoms with Gasteiger partial charge in [-0.2, -0.15) is 4.31 Å². The van der Waals surface area contributed by atoms with Crippen molar-refractivity contribution in [3.8, 4) is 5.75 Å². The van der Waals surface area contributed by atoms with Crippen molar-refractivity contribution in [2.75, 3.05) is 39.8 Å². The van der Waals surface area contributed by atoms with Crippen LogP contribution in [0.4, 0.5) is 0 Å². The molecular formula is C21H33N3O4S. The highest BCUT2D eigenvalue weighted by Crippen LogP contribution is 2.28. The summed E-state index contributed by atoms with van der Waals surface area (Å²) < 4.78 is 33.7. The first-order valence-electron chi connectivity index (χ1n) is 10.7. The van der Waals surface area contributed by atoms with Crippen LogP contribution in [0.2, 0.25) is 0 Å². The van der Waals surface area contributed by atoms with Crippen LogP contribution in [0.15, 0.2) is 29.2 Å². The third-order valence-electron chi connectivity index (χ3n) is 5.91. The highest BCUT2D eigenvalue weighted by molar-refractivity contribution is 7.89. The first kappa shape index (κ1) is 22.1. The number of piperazine rings is 1. The maximum absolute atomic E-state index is 13.5. The van der Waals surface area contributed by atoms with Crippen molar-refractivity contribution in [3.05, 3.63) is 24.3 Å². The van der Waals surface area contributed by atoms with E-state index in [1.165, 1.54) is 0 Å². The Labute approximate surface area is 174 Å². The van der Waals surface area contributed by atoms with Crippen LogP contribution in [0.25, 0.3) is 0 Å². The summed E-state index contributed by atoms with van der Waals surface area (Å²) in [5.74, 6) is 0.661. The van der Waals surface area contributed by atoms with Crippen LogP contribution in [0.1, 0.15) is 44.9 Å². The molecule has 2 fully saturated rings. The Hall–Kier alpha value is -1.64. The Bertz CT molecular complexity index is 753. The van der Waals surface area contributed by atoms with Crippen molar-refractivity contribution in [1.29, 1.82) is 0 Å². The largest absolute Gasteiger partial charge is 0.497 e. The number of carbonyl (C=O) groups is 1. The van der Waals surface area contributed by atoms with Crippen LogP contribution in [-0.4, -0.2) is 69.4 Å². The monoisotopic (exact) mass is 423 g/mol. The molecule has 1 saturated heterocycles. The second kappa shape index (κ2) is 10.4. The molecule has 3 rings (SSSR count). The second-order valence-electron chi connectivity index (χ2n) is 7.82. The number of sulfonamides is 1. The van der Waals surface area contributed by atoms with E-state index in [2.05, 4.69) is 5.32 Å². The Morgan fingerprint density at radius 1 is 1.10 bits per heavy atom. The molecule has 0 atom stereocenters. The Balaban J connectivity index is 1.78. The van der Waals surface area contributed by atoms with Crippen LogP contribution in [0.3, 0.4) is 0 Å². The van der Waals surface area contributed by atoms with Crippen molar-refractivity contribution in [3.63, 3.8) is 0 Å². The molecular weight excluding hydrogens is 390 g/mol. The number of hydrogen-bond acceptors (Lipinski definition) is 5. The first-order valence-corrected chi connectivity index (χ1v) is 12.1. The van der Waals surface area contributed by atoms with E-state index in [1.807, 2.05) is 4.90 Å². The number of amides is 1. The molecule has 162 valence electrons. The number of carbonyl (C=O) groups excluding carboxylic acids is 1. The van der Waals surface area contributed by atoms with Gasteiger partial charge in [0.25, 0.3) is 0 Å². The highest BCUT2D eigenvalue weighted by Gasteiger charge is 2.32. The van der Waals surface area contributed by atoms with Gasteiger partial charge in [0.05, 0.1) is 12.0 Å². The van der Waals surface area contributed by atoms with Gasteiger partial charge in [-0.15, -0.1) is 0 Å². The predicted octanol–water partition coefficient (Wildman–Crippen LogP) is 2.23. The van der Waals surface area contributed by atoms with E-state index in [-0.39, 0.29) is 29.8 Å². The number of rotatable bonds is 7. The number of benzene rings is 1. The van der Waals surface area contributed by atoms with Crippen molar-refractivity contribution in [2.45, 2.75) is 55.9 Å². The molecule has 0 bridgehead atoms. The molecule has 0 aromatic heterocycles. The summed E-state index contributed by atoms with van der Waals surface area (Å²) in [6.07, 6.45) is 6.30. The van der Waals surface area contributed by atoms with E-state index in [1.54, 1.807) is 35.7 Å². The minimum Gasteiger partial charge on any atom is -0.497 e. The Kier molecular flexibility index (Phi) is 7.91. The molecule has 29 heavy (non-hydrogen) atoms. The van der Waals surface area contributed by atoms with Crippen LogP contribution >= 0.6 is 0 Å². The minimum absolute atomic E-state index is 0.0371. The summed E-state index contributed by atoms with van der Waals surface area (Å²) in [5, 5.41) is 3.24. The maximum atomic E-state index is 13.5. The number of nitrogens with one attached hydrogen (secondary N) is 1. The quantitative estimate of drug-likeness (QED) is 0.681. The van der Waals surface area contributed by atoms with Gasteiger partial charge in [0.15, 0.2) is 0 Å². The normalized spacial score (nSPS) is 19.2. The second-order valence-corrected chi connectivity index (χ2v) is 9.71. The van der Waals surface area contributed by atoms with E-state index < -0.39 is 10.0 Å². The molecule has 0 spiro atoms. The maximum Gasteiger partial charge on any atom is 0.243 e. The predicted molar refractivity (Wildman–Crippen MR) is 112 cm³/mol. The number of nitrogens with zero attached hydrogens (tertiary/aromatic N) is 2. The Morgan fingerprint density at radius 2 is 1.72 bits per heavy atom. The molecule has 1 saturated carbocycles. The summed E-state index contributed by atoms with van der Waals surface area (Å²) in [7, 11) is -2.11. The standard InChI is InChI=1S/C21H33N3O4S/c1-28-19-8-10-20(11-9-19)29(26,27)24(18-6-4-2-3-5-7-18)15-12-21(25)23-16-13-22-14-17-23/h8-11,18,22H,2-7,12-17H2,1H3. The smallest absolute Gasteiger partial charge is 0.243 e. The summed E-state index contributed by atoms with van der Waals surface area (Å²) in [6.45, 7) is 3.20. The molecule has 8 heteroatoms. The molecule has 1 aromatic rings. The third-order valence-corrected chi connectivity index (χ3v) is 7.88. The number of methoxy groups -OCH3 is 1. The van der Waals surface area contributed by atoms with Gasteiger partial charge in [0.1, 0.15) is 5.75 Å². The fourth-order valence-corrected chi connectivity index (χ4v) is 5.89. The lowest BCUT2D eigenvalue weighted by molar-refractivity contribution is -0.131. The van der Waals surface area contributed by atoms with E-state index in [4.69, 9.17) is 4.74 Å². The van der Waals surface area contributed by atoms with Crippen molar-refractivity contribution in [2.24, 2.45) is 0 Å². The molecule has 0 radical (unpaired) electrons. The van der Waals surface area contributed by atoms with E-state index in [0.29, 0.717) is 18.8 Å². The highest BCUT2D eigenvalue weighted by atomic mass is 32.2. The average molecular weight is 424 g/mol. The molecule has 1 aliphatic carbocycles. The summed E-state index contributed by atoms with van der Waals surface area (Å²) in [4.78, 5) is 14.8. The molecule has 0 unspecified atom stereocenters. The zero-order valence-corrected chi connectivity index (χ0v) is 18.1. The van der Waals surface area contributed by atoms with Gasteiger partial charge in [-0.3, -0.25) is 4.79 Å². The molecule has 1 aromatic carbocycles. The SMILES string of the molecule is COc1ccc(S(=O)(=O)N(CCC(=O)N2CCNCC2)C2CCCCCC2)cc1. The van der Waals surface area contributed by atoms with Crippen LogP contribution in [0, 0.1) is 0 Å². The molecule has 1 amide bonds. The fourth-order valence-electron chi connectivity index (χ4n) is 4.21. The number of hydrogen-bond donors (Lipinski definition) is 1. The van der Waals surface area contributed by atoms with Crippen LogP contribution < -0.4 is 10.1 Å². The van der Waals surface area contributed by atoms with Crippen molar-refractivity contribution in [1.82, 2.24) is 14.5 Å². The van der Waals surface area contributed by atoms with Gasteiger partial charge < -0.3 is 15.0 Å². The first-order chi connectivity index (χ1) is 14.0. The zero-order chi connectivity index (χ0) is 20.7. The summed E-state index contributed by atoms with van der Waals surface area (Å²) in [6, 6.07) is 6.49. The Morgan fingerprint density at radius 3 is 2.31 bits per heavy atom. The van der Waals surface area contributed by atoms with Crippen LogP contribution in [0.5, 0.6) is 5.75 Å². The van der Waals surface area contributed by atoms with Crippen LogP contribution in [-0.2, 0) is 14.8 Å². The van der Waals surface area contributed by atoms with Gasteiger partial charge >= 0.3 is 0 Å². The van der Waals surface area contributed by atoms with Crippen molar-refractivity contribution >= 4 is 15.9 Å². The molecule has 2 aliphatic rings. The van der Waals surface area contributed by atoms with Gasteiger partial charge in [-0.1, -0.05) is 25.7 Å². The van der Waals surface area contributed by atoms with E-state index in [9.17, 15) is 13.2 Å². The molecule has 1 N–H and O–H groups in total. The van der Waals surface area contributed by atoms with Gasteiger partial charge in [0, 0.05) is 45.2 Å². The molecule has 1 aliphatic heterocycles. The van der Waals surface area contributed by atoms with Gasteiger partial charge in [0.2, 0.25) is 15.9 Å². The van der Waals surface area contributed by atoms with Gasteiger partial charge in [-0.25, -0.2) is 8.42 Å². The van der Waals surface area contributed by atoms with Gasteiger partial charge in [-0.05, 0) is 37.1 Å². The lowest BCUT2D eigenvalue weighted by Crippen LogP contribution is -2.48. The minimum atomic E-state index is -3.67. The van der Waals surface area contributed by atoms with E-state index >= 15 is 0 Å². The average Bonchev–Trinajstić information content (AvgIpc) is 3.03. The molecule has 7 nitrogen and oxygen atoms in total. The third kappa shape index (κ3) is 5.71. The summed E-state index contributed by atoms with van der Waals surface area (Å²) in [5.41, 5.74) is 0. The zero-order valence-electron chi connectivity index (χ0n) is 17.3. The number of ether oxygens (including phenoxy) is 1. The van der Waals surface area contributed by atoms with E-state index in [0.717, 1.165) is 51.6 Å². The topological polar surface area (TPSA) is 79.0 Å². The lowest BCUT2D eigenvalue weighted by Gasteiger charge is -2.32. The summed E-state index contributed by atoms with van der Waals surface area (Å²) >= 11 is 0. The fraction of sp³-hybridized carbons (Fsp3) is 0.667. The molecule has 1 heterocycles. The van der Waals surface area contributed by atoms with Crippen molar-refractivity contribution < 1.29 is 17.9 Å². The lowest BCUT2D eigenvalue weighted by atomic mass is 10.1.